The fraction of sp³-hybridized carbons (Fsp3) is 0.619. The molecule has 0 radical (unpaired) electrons. The van der Waals surface area contributed by atoms with Crippen molar-refractivity contribution in [2.24, 2.45) is 5.92 Å². The van der Waals surface area contributed by atoms with Crippen molar-refractivity contribution in [1.29, 1.82) is 0 Å². The van der Waals surface area contributed by atoms with E-state index in [-0.39, 0.29) is 5.91 Å². The summed E-state index contributed by atoms with van der Waals surface area (Å²) in [5.74, 6) is 0.972. The molecule has 2 N–H and O–H groups in total. The normalized spacial score (nSPS) is 23.8. The Morgan fingerprint density at radius 1 is 1.12 bits per heavy atom. The highest BCUT2D eigenvalue weighted by molar-refractivity contribution is 5.93. The van der Waals surface area contributed by atoms with Crippen LogP contribution in [0.3, 0.4) is 0 Å². The van der Waals surface area contributed by atoms with Gasteiger partial charge < -0.3 is 15.1 Å². The van der Waals surface area contributed by atoms with Crippen LogP contribution in [0.1, 0.15) is 54.4 Å². The van der Waals surface area contributed by atoms with E-state index in [1.807, 2.05) is 24.3 Å². The number of fused-ring (bicyclic) bond motifs is 1. The van der Waals surface area contributed by atoms with E-state index in [4.69, 9.17) is 0 Å². The van der Waals surface area contributed by atoms with Crippen LogP contribution in [0.5, 0.6) is 0 Å². The third-order valence-corrected chi connectivity index (χ3v) is 5.97. The average Bonchev–Trinajstić information content (AvgIpc) is 2.67. The first-order chi connectivity index (χ1) is 12.6. The second kappa shape index (κ2) is 8.67. The number of nitrogens with one attached hydrogen (secondary N) is 2. The Hall–Kier alpha value is -1.88. The van der Waals surface area contributed by atoms with Gasteiger partial charge in [-0.2, -0.15) is 0 Å². The van der Waals surface area contributed by atoms with Crippen LogP contribution in [0.15, 0.2) is 24.3 Å². The molecule has 3 atom stereocenters. The van der Waals surface area contributed by atoms with Crippen molar-refractivity contribution in [2.45, 2.75) is 51.1 Å². The molecule has 2 fully saturated rings. The van der Waals surface area contributed by atoms with Crippen LogP contribution < -0.4 is 10.2 Å². The summed E-state index contributed by atoms with van der Waals surface area (Å²) in [6.07, 6.45) is 7.55. The lowest BCUT2D eigenvalue weighted by molar-refractivity contribution is -0.885. The molecule has 1 saturated heterocycles. The third kappa shape index (κ3) is 4.44. The van der Waals surface area contributed by atoms with E-state index in [0.717, 1.165) is 31.0 Å². The number of rotatable bonds is 5. The maximum absolute atomic E-state index is 12.9. The minimum Gasteiger partial charge on any atom is -0.355 e. The van der Waals surface area contributed by atoms with E-state index in [2.05, 4.69) is 17.3 Å². The molecule has 1 saturated carbocycles. The summed E-state index contributed by atoms with van der Waals surface area (Å²) in [6, 6.07) is 8.15. The lowest BCUT2D eigenvalue weighted by atomic mass is 9.78. The fourth-order valence-corrected chi connectivity index (χ4v) is 4.62. The smallest absolute Gasteiger partial charge is 0.278 e. The highest BCUT2D eigenvalue weighted by Crippen LogP contribution is 2.35. The van der Waals surface area contributed by atoms with Crippen LogP contribution in [-0.2, 0) is 11.3 Å². The van der Waals surface area contributed by atoms with Crippen molar-refractivity contribution in [3.63, 3.8) is 0 Å². The van der Waals surface area contributed by atoms with Crippen LogP contribution in [0.25, 0.3) is 0 Å². The Kier molecular flexibility index (Phi) is 6.30. The standard InChI is InChI=1S/C21H31N3O2/c1-22-21(26)18-11-9-16(10-12-18)14-23(2)15-20(25)24-13-5-7-17-6-3-4-8-19(17)24/h9-12,17,19H,3-8,13-15H2,1-2H3,(H,22,26)/p+1/t17-,19-/m0/s1. The van der Waals surface area contributed by atoms with Gasteiger partial charge in [0.05, 0.1) is 7.05 Å². The molecule has 142 valence electrons. The minimum absolute atomic E-state index is 0.0698. The molecule has 5 nitrogen and oxygen atoms in total. The van der Waals surface area contributed by atoms with E-state index < -0.39 is 0 Å². The first-order valence-electron chi connectivity index (χ1n) is 10.00. The predicted octanol–water partition coefficient (Wildman–Crippen LogP) is 1.24. The molecule has 3 rings (SSSR count). The zero-order valence-electron chi connectivity index (χ0n) is 16.1. The van der Waals surface area contributed by atoms with Gasteiger partial charge in [0, 0.05) is 30.8 Å². The van der Waals surface area contributed by atoms with Gasteiger partial charge in [-0.15, -0.1) is 0 Å². The lowest BCUT2D eigenvalue weighted by Crippen LogP contribution is -3.09. The van der Waals surface area contributed by atoms with Crippen LogP contribution in [0.4, 0.5) is 0 Å². The van der Waals surface area contributed by atoms with Crippen LogP contribution >= 0.6 is 0 Å². The van der Waals surface area contributed by atoms with Gasteiger partial charge in [0.15, 0.2) is 6.54 Å². The lowest BCUT2D eigenvalue weighted by Gasteiger charge is -2.44. The summed E-state index contributed by atoms with van der Waals surface area (Å²) >= 11 is 0. The molecule has 1 aliphatic heterocycles. The first-order valence-corrected chi connectivity index (χ1v) is 10.00. The number of piperidine rings is 1. The summed E-state index contributed by atoms with van der Waals surface area (Å²) in [5.41, 5.74) is 1.82. The molecule has 5 heteroatoms. The Bertz CT molecular complexity index is 627. The van der Waals surface area contributed by atoms with Gasteiger partial charge >= 0.3 is 0 Å². The first kappa shape index (κ1) is 18.9. The van der Waals surface area contributed by atoms with Gasteiger partial charge in [0.2, 0.25) is 0 Å². The number of quaternary nitrogens is 1. The molecule has 2 aliphatic rings. The predicted molar refractivity (Wildman–Crippen MR) is 102 cm³/mol. The number of carbonyl (C=O) groups is 2. The maximum atomic E-state index is 12.9. The van der Waals surface area contributed by atoms with Crippen molar-refractivity contribution in [3.05, 3.63) is 35.4 Å². The highest BCUT2D eigenvalue weighted by atomic mass is 16.2. The molecular weight excluding hydrogens is 326 g/mol. The quantitative estimate of drug-likeness (QED) is 0.832. The molecule has 0 bridgehead atoms. The fourth-order valence-electron chi connectivity index (χ4n) is 4.62. The van der Waals surface area contributed by atoms with Gasteiger partial charge in [0.1, 0.15) is 6.54 Å². The number of nitrogens with zero attached hydrogens (tertiary/aromatic N) is 1. The van der Waals surface area contributed by atoms with Crippen molar-refractivity contribution in [1.82, 2.24) is 10.2 Å². The van der Waals surface area contributed by atoms with E-state index in [1.54, 1.807) is 7.05 Å². The van der Waals surface area contributed by atoms with E-state index in [1.165, 1.54) is 37.0 Å². The molecule has 2 amide bonds. The molecule has 26 heavy (non-hydrogen) atoms. The van der Waals surface area contributed by atoms with Crippen molar-refractivity contribution in [2.75, 3.05) is 27.2 Å². The van der Waals surface area contributed by atoms with E-state index >= 15 is 0 Å². The summed E-state index contributed by atoms with van der Waals surface area (Å²) < 4.78 is 0. The van der Waals surface area contributed by atoms with Gasteiger partial charge in [-0.3, -0.25) is 9.59 Å². The molecule has 0 aromatic heterocycles. The van der Waals surface area contributed by atoms with Gasteiger partial charge in [-0.05, 0) is 43.7 Å². The number of carbonyl (C=O) groups excluding carboxylic acids is 2. The minimum atomic E-state index is -0.0698. The number of hydrogen-bond acceptors (Lipinski definition) is 2. The van der Waals surface area contributed by atoms with Gasteiger partial charge in [-0.1, -0.05) is 25.0 Å². The Morgan fingerprint density at radius 2 is 1.81 bits per heavy atom. The van der Waals surface area contributed by atoms with Crippen molar-refractivity contribution >= 4 is 11.8 Å². The zero-order chi connectivity index (χ0) is 18.5. The summed E-state index contributed by atoms with van der Waals surface area (Å²) in [5, 5.41) is 2.63. The highest BCUT2D eigenvalue weighted by Gasteiger charge is 2.36. The average molecular weight is 359 g/mol. The van der Waals surface area contributed by atoms with Crippen LogP contribution in [0.2, 0.25) is 0 Å². The van der Waals surface area contributed by atoms with Gasteiger partial charge in [0.25, 0.3) is 11.8 Å². The number of likely N-dealkylation sites (N-methyl/N-ethyl adjacent to an activating group) is 1. The zero-order valence-corrected chi connectivity index (χ0v) is 16.1. The molecule has 1 aromatic carbocycles. The Morgan fingerprint density at radius 3 is 2.54 bits per heavy atom. The molecule has 1 aromatic rings. The molecule has 1 aliphatic carbocycles. The number of amides is 2. The van der Waals surface area contributed by atoms with Crippen molar-refractivity contribution in [3.8, 4) is 0 Å². The Balaban J connectivity index is 1.54. The summed E-state index contributed by atoms with van der Waals surface area (Å²) in [6.45, 7) is 2.27. The van der Waals surface area contributed by atoms with Gasteiger partial charge in [-0.25, -0.2) is 0 Å². The molecule has 0 spiro atoms. The van der Waals surface area contributed by atoms with E-state index in [0.29, 0.717) is 24.1 Å². The maximum Gasteiger partial charge on any atom is 0.278 e. The topological polar surface area (TPSA) is 53.9 Å². The third-order valence-electron chi connectivity index (χ3n) is 5.97. The van der Waals surface area contributed by atoms with Crippen molar-refractivity contribution < 1.29 is 14.5 Å². The molecule has 1 heterocycles. The number of hydrogen-bond donors (Lipinski definition) is 2. The number of likely N-dealkylation sites (tertiary alicyclic amines) is 1. The molecule has 1 unspecified atom stereocenters. The van der Waals surface area contributed by atoms with E-state index in [9.17, 15) is 9.59 Å². The van der Waals surface area contributed by atoms with Crippen LogP contribution in [-0.4, -0.2) is 49.9 Å². The molecular formula is C21H32N3O2+. The Labute approximate surface area is 156 Å². The summed E-state index contributed by atoms with van der Waals surface area (Å²) in [4.78, 5) is 27.9. The SMILES string of the molecule is CNC(=O)c1ccc(C[NH+](C)CC(=O)N2CCC[C@@H]3CCCC[C@@H]32)cc1. The largest absolute Gasteiger partial charge is 0.355 e. The second-order valence-electron chi connectivity index (χ2n) is 7.93. The number of benzene rings is 1. The summed E-state index contributed by atoms with van der Waals surface area (Å²) in [7, 11) is 3.71. The van der Waals surface area contributed by atoms with Crippen LogP contribution in [0, 0.1) is 5.92 Å². The second-order valence-corrected chi connectivity index (χ2v) is 7.93. The monoisotopic (exact) mass is 358 g/mol.